The Bertz CT molecular complexity index is 736. The van der Waals surface area contributed by atoms with Crippen molar-refractivity contribution in [1.82, 2.24) is 19.7 Å². The van der Waals surface area contributed by atoms with E-state index in [1.54, 1.807) is 12.3 Å². The van der Waals surface area contributed by atoms with Gasteiger partial charge in [-0.25, -0.2) is 4.98 Å². The van der Waals surface area contributed by atoms with Gasteiger partial charge in [-0.3, -0.25) is 9.48 Å². The number of pyridine rings is 1. The van der Waals surface area contributed by atoms with E-state index in [0.29, 0.717) is 23.3 Å². The summed E-state index contributed by atoms with van der Waals surface area (Å²) in [5, 5.41) is 4.21. The number of likely N-dealkylation sites (tertiary alicyclic amines) is 1. The minimum atomic E-state index is 0.0647. The van der Waals surface area contributed by atoms with Gasteiger partial charge in [-0.2, -0.15) is 5.10 Å². The molecule has 1 unspecified atom stereocenters. The Labute approximate surface area is 147 Å². The summed E-state index contributed by atoms with van der Waals surface area (Å²) < 4.78 is 7.46. The second-order valence-corrected chi connectivity index (χ2v) is 7.27. The van der Waals surface area contributed by atoms with Crippen molar-refractivity contribution in [1.29, 1.82) is 0 Å². The van der Waals surface area contributed by atoms with Gasteiger partial charge >= 0.3 is 0 Å². The fraction of sp³-hybridized carbons (Fsp3) is 0.526. The van der Waals surface area contributed by atoms with Crippen molar-refractivity contribution in [2.24, 2.45) is 18.9 Å². The summed E-state index contributed by atoms with van der Waals surface area (Å²) >= 11 is 0. The Morgan fingerprint density at radius 1 is 1.24 bits per heavy atom. The van der Waals surface area contributed by atoms with Crippen LogP contribution in [0.1, 0.15) is 35.2 Å². The molecule has 0 radical (unpaired) electrons. The third-order valence-electron chi connectivity index (χ3n) is 5.00. The van der Waals surface area contributed by atoms with Crippen LogP contribution in [0.3, 0.4) is 0 Å². The molecule has 6 heteroatoms. The molecule has 2 fully saturated rings. The van der Waals surface area contributed by atoms with Crippen LogP contribution in [0.25, 0.3) is 0 Å². The number of ether oxygens (including phenoxy) is 1. The Balaban J connectivity index is 1.31. The van der Waals surface area contributed by atoms with Crippen molar-refractivity contribution in [3.8, 4) is 5.88 Å². The van der Waals surface area contributed by atoms with Crippen molar-refractivity contribution in [3.05, 3.63) is 41.9 Å². The first-order valence-electron chi connectivity index (χ1n) is 9.03. The van der Waals surface area contributed by atoms with Crippen molar-refractivity contribution in [3.63, 3.8) is 0 Å². The van der Waals surface area contributed by atoms with Crippen LogP contribution in [-0.2, 0) is 13.5 Å². The van der Waals surface area contributed by atoms with Gasteiger partial charge in [0, 0.05) is 38.6 Å². The molecule has 0 N–H and O–H groups in total. The molecular formula is C19H24N4O2. The van der Waals surface area contributed by atoms with E-state index in [1.807, 2.05) is 28.9 Å². The summed E-state index contributed by atoms with van der Waals surface area (Å²) in [5.41, 5.74) is 1.88. The lowest BCUT2D eigenvalue weighted by molar-refractivity contribution is 0.0786. The lowest BCUT2D eigenvalue weighted by Crippen LogP contribution is -2.29. The number of aryl methyl sites for hydroxylation is 1. The molecule has 1 saturated carbocycles. The third kappa shape index (κ3) is 4.00. The van der Waals surface area contributed by atoms with Gasteiger partial charge in [-0.1, -0.05) is 0 Å². The van der Waals surface area contributed by atoms with E-state index in [4.69, 9.17) is 4.74 Å². The Hall–Kier alpha value is -2.37. The predicted octanol–water partition coefficient (Wildman–Crippen LogP) is 2.31. The Morgan fingerprint density at radius 2 is 2.12 bits per heavy atom. The molecule has 2 aromatic rings. The number of nitrogens with zero attached hydrogens (tertiary/aromatic N) is 4. The highest BCUT2D eigenvalue weighted by Gasteiger charge is 2.27. The van der Waals surface area contributed by atoms with E-state index in [1.165, 1.54) is 18.4 Å². The maximum Gasteiger partial charge on any atom is 0.255 e. The zero-order chi connectivity index (χ0) is 17.2. The van der Waals surface area contributed by atoms with Gasteiger partial charge in [-0.05, 0) is 49.1 Å². The molecule has 4 rings (SSSR count). The van der Waals surface area contributed by atoms with E-state index in [2.05, 4.69) is 16.3 Å². The van der Waals surface area contributed by atoms with Crippen molar-refractivity contribution in [2.75, 3.05) is 19.7 Å². The summed E-state index contributed by atoms with van der Waals surface area (Å²) in [7, 11) is 1.93. The largest absolute Gasteiger partial charge is 0.477 e. The van der Waals surface area contributed by atoms with Crippen LogP contribution < -0.4 is 4.74 Å². The molecule has 1 aliphatic carbocycles. The minimum absolute atomic E-state index is 0.0647. The number of aromatic nitrogens is 3. The van der Waals surface area contributed by atoms with Gasteiger partial charge in [0.25, 0.3) is 5.91 Å². The Kier molecular flexibility index (Phi) is 4.42. The van der Waals surface area contributed by atoms with Crippen LogP contribution in [0.5, 0.6) is 5.88 Å². The quantitative estimate of drug-likeness (QED) is 0.810. The van der Waals surface area contributed by atoms with E-state index in [0.717, 1.165) is 32.5 Å². The zero-order valence-electron chi connectivity index (χ0n) is 14.6. The first-order valence-corrected chi connectivity index (χ1v) is 9.03. The fourth-order valence-corrected chi connectivity index (χ4v) is 3.36. The van der Waals surface area contributed by atoms with Gasteiger partial charge in [-0.15, -0.1) is 0 Å². The topological polar surface area (TPSA) is 60.2 Å². The highest BCUT2D eigenvalue weighted by Crippen LogP contribution is 2.29. The SMILES string of the molecule is Cn1cc(CC2CCN(C(=O)c3ccc(OCC4CC4)nc3)C2)cn1. The lowest BCUT2D eigenvalue weighted by atomic mass is 10.0. The second-order valence-electron chi connectivity index (χ2n) is 7.27. The third-order valence-corrected chi connectivity index (χ3v) is 5.00. The van der Waals surface area contributed by atoms with Crippen LogP contribution in [0.2, 0.25) is 0 Å². The average Bonchev–Trinajstić information content (AvgIpc) is 3.19. The number of amides is 1. The highest BCUT2D eigenvalue weighted by molar-refractivity contribution is 5.94. The molecule has 1 saturated heterocycles. The standard InChI is InChI=1S/C19H24N4O2/c1-22-11-16(9-21-22)8-15-6-7-23(12-15)19(24)17-4-5-18(20-10-17)25-13-14-2-3-14/h4-5,9-11,14-15H,2-3,6-8,12-13H2,1H3. The number of carbonyl (C=O) groups excluding carboxylic acids is 1. The normalized spacial score (nSPS) is 20.0. The summed E-state index contributed by atoms with van der Waals surface area (Å²) in [6.45, 7) is 2.35. The first kappa shape index (κ1) is 16.1. The summed E-state index contributed by atoms with van der Waals surface area (Å²) in [6.07, 6.45) is 10.1. The number of carbonyl (C=O) groups is 1. The van der Waals surface area contributed by atoms with E-state index >= 15 is 0 Å². The van der Waals surface area contributed by atoms with Gasteiger partial charge in [0.2, 0.25) is 5.88 Å². The molecule has 2 aliphatic rings. The summed E-state index contributed by atoms with van der Waals surface area (Å²) in [4.78, 5) is 18.9. The number of hydrogen-bond acceptors (Lipinski definition) is 4. The average molecular weight is 340 g/mol. The van der Waals surface area contributed by atoms with Crippen LogP contribution >= 0.6 is 0 Å². The van der Waals surface area contributed by atoms with Crippen LogP contribution in [0, 0.1) is 11.8 Å². The first-order chi connectivity index (χ1) is 12.2. The van der Waals surface area contributed by atoms with Crippen LogP contribution in [0.4, 0.5) is 0 Å². The second kappa shape index (κ2) is 6.86. The fourth-order valence-electron chi connectivity index (χ4n) is 3.36. The van der Waals surface area contributed by atoms with E-state index < -0.39 is 0 Å². The van der Waals surface area contributed by atoms with Crippen molar-refractivity contribution in [2.45, 2.75) is 25.7 Å². The molecule has 132 valence electrons. The van der Waals surface area contributed by atoms with Gasteiger partial charge in [0.15, 0.2) is 0 Å². The molecular weight excluding hydrogens is 316 g/mol. The number of hydrogen-bond donors (Lipinski definition) is 0. The maximum atomic E-state index is 12.7. The molecule has 25 heavy (non-hydrogen) atoms. The minimum Gasteiger partial charge on any atom is -0.477 e. The smallest absolute Gasteiger partial charge is 0.255 e. The Morgan fingerprint density at radius 3 is 2.80 bits per heavy atom. The monoisotopic (exact) mass is 340 g/mol. The van der Waals surface area contributed by atoms with Gasteiger partial charge in [0.05, 0.1) is 18.4 Å². The molecule has 0 spiro atoms. The van der Waals surface area contributed by atoms with Crippen LogP contribution in [0.15, 0.2) is 30.7 Å². The number of rotatable bonds is 6. The summed E-state index contributed by atoms with van der Waals surface area (Å²) in [5.74, 6) is 1.88. The molecule has 6 nitrogen and oxygen atoms in total. The molecule has 0 aromatic carbocycles. The summed E-state index contributed by atoms with van der Waals surface area (Å²) in [6, 6.07) is 3.63. The van der Waals surface area contributed by atoms with Crippen LogP contribution in [-0.4, -0.2) is 45.3 Å². The van der Waals surface area contributed by atoms with Crippen molar-refractivity contribution >= 4 is 5.91 Å². The van der Waals surface area contributed by atoms with Gasteiger partial charge in [0.1, 0.15) is 0 Å². The van der Waals surface area contributed by atoms with Crippen molar-refractivity contribution < 1.29 is 9.53 Å². The molecule has 1 amide bonds. The molecule has 2 aromatic heterocycles. The zero-order valence-corrected chi connectivity index (χ0v) is 14.6. The lowest BCUT2D eigenvalue weighted by Gasteiger charge is -2.16. The highest BCUT2D eigenvalue weighted by atomic mass is 16.5. The maximum absolute atomic E-state index is 12.7. The molecule has 3 heterocycles. The van der Waals surface area contributed by atoms with E-state index in [-0.39, 0.29) is 5.91 Å². The van der Waals surface area contributed by atoms with E-state index in [9.17, 15) is 4.79 Å². The van der Waals surface area contributed by atoms with Gasteiger partial charge < -0.3 is 9.64 Å². The molecule has 0 bridgehead atoms. The molecule has 1 atom stereocenters. The molecule has 1 aliphatic heterocycles. The predicted molar refractivity (Wildman–Crippen MR) is 93.4 cm³/mol.